The normalized spacial score (nSPS) is 13.7. The van der Waals surface area contributed by atoms with Gasteiger partial charge in [-0.2, -0.15) is 0 Å². The molecule has 0 spiro atoms. The maximum Gasteiger partial charge on any atom is 0.472 e. The Labute approximate surface area is 382 Å². The molecule has 0 aromatic heterocycles. The van der Waals surface area contributed by atoms with Gasteiger partial charge in [0.15, 0.2) is 0 Å². The van der Waals surface area contributed by atoms with Crippen molar-refractivity contribution in [2.45, 2.75) is 276 Å². The number of phosphoric ester groups is 1. The molecule has 0 aromatic rings. The first-order valence-corrected chi connectivity index (χ1v) is 27.7. The molecule has 0 fully saturated rings. The van der Waals surface area contributed by atoms with Gasteiger partial charge in [0.25, 0.3) is 0 Å². The zero-order valence-corrected chi connectivity index (χ0v) is 41.4. The number of ether oxygens (including phenoxy) is 2. The Morgan fingerprint density at radius 1 is 0.500 bits per heavy atom. The van der Waals surface area contributed by atoms with Crippen molar-refractivity contribution >= 4 is 19.8 Å². The Hall–Kier alpha value is -1.29. The lowest BCUT2D eigenvalue weighted by molar-refractivity contribution is -0.154. The van der Waals surface area contributed by atoms with Crippen LogP contribution in [0.5, 0.6) is 0 Å². The number of aliphatic carboxylic acids is 1. The maximum atomic E-state index is 12.7. The fourth-order valence-corrected chi connectivity index (χ4v) is 8.50. The van der Waals surface area contributed by atoms with E-state index in [1.165, 1.54) is 205 Å². The lowest BCUT2D eigenvalue weighted by Gasteiger charge is -2.20. The summed E-state index contributed by atoms with van der Waals surface area (Å²) >= 11 is 0. The van der Waals surface area contributed by atoms with E-state index in [9.17, 15) is 19.0 Å². The number of unbranched alkanes of at least 4 members (excludes halogenated alkanes) is 35. The molecule has 0 heterocycles. The first-order chi connectivity index (χ1) is 30.2. The molecule has 0 aliphatic rings. The predicted molar refractivity (Wildman–Crippen MR) is 259 cm³/mol. The maximum absolute atomic E-state index is 12.7. The second-order valence-electron chi connectivity index (χ2n) is 18.0. The van der Waals surface area contributed by atoms with Crippen molar-refractivity contribution in [1.82, 2.24) is 0 Å². The Balaban J connectivity index is 4.08. The SMILES string of the molecule is CCCCCCCCCC/C=C\CCCCCCCCCCCCOCC(COP(=O)(O)OCC(N)C(=O)O)OC(=O)CCCCCCCCCCCCCCCCCCCC. The molecule has 0 radical (unpaired) electrons. The Morgan fingerprint density at radius 2 is 0.839 bits per heavy atom. The highest BCUT2D eigenvalue weighted by Crippen LogP contribution is 2.43. The van der Waals surface area contributed by atoms with E-state index in [1.807, 2.05) is 0 Å². The van der Waals surface area contributed by atoms with Crippen molar-refractivity contribution < 1.29 is 42.7 Å². The van der Waals surface area contributed by atoms with Crippen molar-refractivity contribution in [1.29, 1.82) is 0 Å². The van der Waals surface area contributed by atoms with Gasteiger partial charge in [-0.05, 0) is 38.5 Å². The lowest BCUT2D eigenvalue weighted by Crippen LogP contribution is -2.34. The van der Waals surface area contributed by atoms with E-state index in [2.05, 4.69) is 26.0 Å². The monoisotopic (exact) mass is 902 g/mol. The summed E-state index contributed by atoms with van der Waals surface area (Å²) in [6.45, 7) is 3.94. The summed E-state index contributed by atoms with van der Waals surface area (Å²) in [5.74, 6) is -1.76. The molecule has 4 N–H and O–H groups in total. The highest BCUT2D eigenvalue weighted by molar-refractivity contribution is 7.47. The molecule has 0 amide bonds. The number of hydrogen-bond donors (Lipinski definition) is 3. The molecule has 0 saturated carbocycles. The zero-order valence-electron chi connectivity index (χ0n) is 40.5. The highest BCUT2D eigenvalue weighted by atomic mass is 31.2. The molecular formula is C51H100NO9P. The molecule has 62 heavy (non-hydrogen) atoms. The summed E-state index contributed by atoms with van der Waals surface area (Å²) in [5, 5.41) is 8.93. The quantitative estimate of drug-likeness (QED) is 0.0233. The van der Waals surface area contributed by atoms with Crippen LogP contribution in [0.4, 0.5) is 0 Å². The van der Waals surface area contributed by atoms with Crippen LogP contribution in [0.3, 0.4) is 0 Å². The van der Waals surface area contributed by atoms with Crippen molar-refractivity contribution in [3.05, 3.63) is 12.2 Å². The number of hydrogen-bond acceptors (Lipinski definition) is 8. The number of carbonyl (C=O) groups is 2. The largest absolute Gasteiger partial charge is 0.480 e. The summed E-state index contributed by atoms with van der Waals surface area (Å²) in [7, 11) is -4.62. The van der Waals surface area contributed by atoms with Crippen LogP contribution in [0.25, 0.3) is 0 Å². The van der Waals surface area contributed by atoms with Crippen LogP contribution >= 0.6 is 7.82 Å². The molecule has 0 aromatic carbocycles. The molecule has 0 aliphatic heterocycles. The van der Waals surface area contributed by atoms with Gasteiger partial charge in [-0.25, -0.2) is 4.57 Å². The number of rotatable bonds is 51. The van der Waals surface area contributed by atoms with Gasteiger partial charge in [-0.1, -0.05) is 231 Å². The van der Waals surface area contributed by atoms with E-state index in [4.69, 9.17) is 29.4 Å². The third kappa shape index (κ3) is 46.7. The van der Waals surface area contributed by atoms with Crippen LogP contribution in [0.2, 0.25) is 0 Å². The second-order valence-corrected chi connectivity index (χ2v) is 19.5. The average Bonchev–Trinajstić information content (AvgIpc) is 3.25. The molecule has 3 unspecified atom stereocenters. The summed E-state index contributed by atoms with van der Waals surface area (Å²) in [5.41, 5.74) is 5.38. The number of phosphoric acid groups is 1. The van der Waals surface area contributed by atoms with Crippen LogP contribution in [-0.4, -0.2) is 60.5 Å². The summed E-state index contributed by atoms with van der Waals surface area (Å²) in [4.78, 5) is 33.7. The molecule has 11 heteroatoms. The van der Waals surface area contributed by atoms with Crippen molar-refractivity contribution in [2.75, 3.05) is 26.4 Å². The first-order valence-electron chi connectivity index (χ1n) is 26.2. The first kappa shape index (κ1) is 60.7. The fraction of sp³-hybridized carbons (Fsp3) is 0.922. The standard InChI is InChI=1S/C51H100NO9P/c1-3-5-7-9-11-13-15-17-19-21-23-24-25-26-28-30-32-34-36-38-40-42-44-58-45-48(46-59-62(56,57)60-47-49(52)51(54)55)61-50(53)43-41-39-37-35-33-31-29-27-22-20-18-16-14-12-10-8-6-4-2/h21,23,48-49H,3-20,22,24-47,52H2,1-2H3,(H,54,55)(H,56,57)/b23-21-. The van der Waals surface area contributed by atoms with Gasteiger partial charge in [-0.15, -0.1) is 0 Å². The van der Waals surface area contributed by atoms with Crippen LogP contribution in [0, 0.1) is 0 Å². The molecule has 3 atom stereocenters. The Morgan fingerprint density at radius 3 is 1.23 bits per heavy atom. The van der Waals surface area contributed by atoms with E-state index in [1.54, 1.807) is 0 Å². The van der Waals surface area contributed by atoms with Crippen LogP contribution in [0.1, 0.15) is 264 Å². The number of carboxylic acid groups (broad SMARTS) is 1. The van der Waals surface area contributed by atoms with Gasteiger partial charge in [0.05, 0.1) is 19.8 Å². The number of carbonyl (C=O) groups excluding carboxylic acids is 1. The number of nitrogens with two attached hydrogens (primary N) is 1. The van der Waals surface area contributed by atoms with Gasteiger partial charge in [0.1, 0.15) is 12.1 Å². The third-order valence-corrected chi connectivity index (χ3v) is 12.7. The second kappa shape index (κ2) is 47.7. The van der Waals surface area contributed by atoms with E-state index in [0.29, 0.717) is 6.61 Å². The van der Waals surface area contributed by atoms with Gasteiger partial charge < -0.3 is 25.2 Å². The molecule has 368 valence electrons. The smallest absolute Gasteiger partial charge is 0.472 e. The van der Waals surface area contributed by atoms with Gasteiger partial charge in [0.2, 0.25) is 0 Å². The van der Waals surface area contributed by atoms with E-state index >= 15 is 0 Å². The topological polar surface area (TPSA) is 155 Å². The zero-order chi connectivity index (χ0) is 45.5. The van der Waals surface area contributed by atoms with Crippen molar-refractivity contribution in [3.8, 4) is 0 Å². The summed E-state index contributed by atoms with van der Waals surface area (Å²) in [6.07, 6.45) is 52.7. The molecule has 10 nitrogen and oxygen atoms in total. The minimum atomic E-state index is -4.62. The third-order valence-electron chi connectivity index (χ3n) is 11.8. The summed E-state index contributed by atoms with van der Waals surface area (Å²) in [6, 6.07) is -1.47. The van der Waals surface area contributed by atoms with E-state index in [0.717, 1.165) is 38.5 Å². The van der Waals surface area contributed by atoms with Crippen LogP contribution < -0.4 is 5.73 Å². The average molecular weight is 902 g/mol. The van der Waals surface area contributed by atoms with Crippen molar-refractivity contribution in [3.63, 3.8) is 0 Å². The summed E-state index contributed by atoms with van der Waals surface area (Å²) < 4.78 is 33.5. The molecular weight excluding hydrogens is 802 g/mol. The van der Waals surface area contributed by atoms with Gasteiger partial charge in [-0.3, -0.25) is 18.6 Å². The van der Waals surface area contributed by atoms with E-state index < -0.39 is 45.1 Å². The molecule has 0 rings (SSSR count). The Bertz CT molecular complexity index is 1040. The number of carboxylic acids is 1. The van der Waals surface area contributed by atoms with E-state index in [-0.39, 0.29) is 13.0 Å². The molecule has 0 bridgehead atoms. The highest BCUT2D eigenvalue weighted by Gasteiger charge is 2.27. The lowest BCUT2D eigenvalue weighted by atomic mass is 10.0. The molecule has 0 saturated heterocycles. The van der Waals surface area contributed by atoms with Gasteiger partial charge >= 0.3 is 19.8 Å². The van der Waals surface area contributed by atoms with Crippen LogP contribution in [-0.2, 0) is 32.7 Å². The number of esters is 1. The van der Waals surface area contributed by atoms with Crippen molar-refractivity contribution in [2.24, 2.45) is 5.73 Å². The minimum absolute atomic E-state index is 0.0224. The predicted octanol–water partition coefficient (Wildman–Crippen LogP) is 15.3. The fourth-order valence-electron chi connectivity index (χ4n) is 7.72. The molecule has 0 aliphatic carbocycles. The van der Waals surface area contributed by atoms with Gasteiger partial charge in [0, 0.05) is 13.0 Å². The number of allylic oxidation sites excluding steroid dienone is 2. The minimum Gasteiger partial charge on any atom is -0.480 e. The van der Waals surface area contributed by atoms with Crippen LogP contribution in [0.15, 0.2) is 12.2 Å². The Kier molecular flexibility index (Phi) is 46.7.